The minimum Gasteiger partial charge on any atom is -0.494 e. The van der Waals surface area contributed by atoms with Crippen LogP contribution < -0.4 is 10.1 Å². The molecule has 1 aromatic heterocycles. The standard InChI is InChI=1S/C13H12N2O4S/c1-2-19-9-5-3-4-8(6-9)10-7-20-13(14-10)15-11(16)12(17)18/h3-7H,2H2,1H3,(H,17,18)(H,14,15,16). The van der Waals surface area contributed by atoms with E-state index in [1.54, 1.807) is 5.38 Å². The van der Waals surface area contributed by atoms with Gasteiger partial charge in [0.1, 0.15) is 5.75 Å². The van der Waals surface area contributed by atoms with Crippen molar-refractivity contribution in [1.29, 1.82) is 0 Å². The first kappa shape index (κ1) is 14.0. The maximum absolute atomic E-state index is 11.0. The van der Waals surface area contributed by atoms with Crippen molar-refractivity contribution < 1.29 is 19.4 Å². The lowest BCUT2D eigenvalue weighted by molar-refractivity contribution is -0.147. The van der Waals surface area contributed by atoms with Crippen molar-refractivity contribution in [3.63, 3.8) is 0 Å². The van der Waals surface area contributed by atoms with Crippen LogP contribution in [-0.4, -0.2) is 28.6 Å². The number of thiazole rings is 1. The highest BCUT2D eigenvalue weighted by atomic mass is 32.1. The summed E-state index contributed by atoms with van der Waals surface area (Å²) in [7, 11) is 0. The Balaban J connectivity index is 2.18. The number of hydrogen-bond donors (Lipinski definition) is 2. The van der Waals surface area contributed by atoms with Crippen molar-refractivity contribution in [3.8, 4) is 17.0 Å². The zero-order valence-electron chi connectivity index (χ0n) is 10.6. The molecule has 7 heteroatoms. The molecule has 2 rings (SSSR count). The van der Waals surface area contributed by atoms with E-state index in [4.69, 9.17) is 9.84 Å². The Hall–Kier alpha value is -2.41. The minimum atomic E-state index is -1.54. The largest absolute Gasteiger partial charge is 0.494 e. The topological polar surface area (TPSA) is 88.5 Å². The van der Waals surface area contributed by atoms with E-state index in [2.05, 4.69) is 10.3 Å². The van der Waals surface area contributed by atoms with Crippen molar-refractivity contribution in [1.82, 2.24) is 4.98 Å². The highest BCUT2D eigenvalue weighted by Gasteiger charge is 2.14. The van der Waals surface area contributed by atoms with E-state index >= 15 is 0 Å². The van der Waals surface area contributed by atoms with Crippen LogP contribution in [0.4, 0.5) is 5.13 Å². The van der Waals surface area contributed by atoms with Gasteiger partial charge in [0.05, 0.1) is 12.3 Å². The van der Waals surface area contributed by atoms with Gasteiger partial charge < -0.3 is 9.84 Å². The van der Waals surface area contributed by atoms with Crippen LogP contribution in [0.5, 0.6) is 5.75 Å². The quantitative estimate of drug-likeness (QED) is 0.844. The molecule has 0 radical (unpaired) electrons. The van der Waals surface area contributed by atoms with Gasteiger partial charge in [0.15, 0.2) is 5.13 Å². The molecule has 1 amide bonds. The maximum Gasteiger partial charge on any atom is 0.394 e. The molecule has 0 bridgehead atoms. The second-order valence-electron chi connectivity index (χ2n) is 3.76. The van der Waals surface area contributed by atoms with Crippen LogP contribution in [0.3, 0.4) is 0 Å². The third-order valence-electron chi connectivity index (χ3n) is 2.36. The molecule has 2 N–H and O–H groups in total. The van der Waals surface area contributed by atoms with Gasteiger partial charge in [-0.05, 0) is 19.1 Å². The number of carboxylic acids is 1. The molecule has 0 spiro atoms. The summed E-state index contributed by atoms with van der Waals surface area (Å²) in [6, 6.07) is 7.38. The Kier molecular flexibility index (Phi) is 4.31. The lowest BCUT2D eigenvalue weighted by atomic mass is 10.2. The summed E-state index contributed by atoms with van der Waals surface area (Å²) in [5.41, 5.74) is 1.49. The van der Waals surface area contributed by atoms with Crippen molar-refractivity contribution in [3.05, 3.63) is 29.6 Å². The molecular formula is C13H12N2O4S. The third-order valence-corrected chi connectivity index (χ3v) is 3.12. The van der Waals surface area contributed by atoms with E-state index in [1.165, 1.54) is 0 Å². The summed E-state index contributed by atoms with van der Waals surface area (Å²) >= 11 is 1.16. The maximum atomic E-state index is 11.0. The number of carbonyl (C=O) groups excluding carboxylic acids is 1. The number of ether oxygens (including phenoxy) is 1. The van der Waals surface area contributed by atoms with Crippen LogP contribution in [0.25, 0.3) is 11.3 Å². The summed E-state index contributed by atoms with van der Waals surface area (Å²) in [5.74, 6) is -1.91. The zero-order valence-corrected chi connectivity index (χ0v) is 11.4. The smallest absolute Gasteiger partial charge is 0.394 e. The predicted molar refractivity (Wildman–Crippen MR) is 75.0 cm³/mol. The molecule has 0 unspecified atom stereocenters. The third kappa shape index (κ3) is 3.33. The van der Waals surface area contributed by atoms with Crippen molar-refractivity contribution in [2.75, 3.05) is 11.9 Å². The summed E-state index contributed by atoms with van der Waals surface area (Å²) in [5, 5.41) is 12.7. The Morgan fingerprint density at radius 2 is 2.25 bits per heavy atom. The molecule has 1 aromatic carbocycles. The number of carboxylic acid groups (broad SMARTS) is 1. The Bertz CT molecular complexity index is 639. The van der Waals surface area contributed by atoms with Crippen LogP contribution >= 0.6 is 11.3 Å². The Morgan fingerprint density at radius 3 is 2.95 bits per heavy atom. The monoisotopic (exact) mass is 292 g/mol. The van der Waals surface area contributed by atoms with Gasteiger partial charge in [0.2, 0.25) is 0 Å². The first-order valence-corrected chi connectivity index (χ1v) is 6.71. The van der Waals surface area contributed by atoms with Crippen molar-refractivity contribution in [2.24, 2.45) is 0 Å². The molecule has 0 aliphatic rings. The molecule has 6 nitrogen and oxygen atoms in total. The second kappa shape index (κ2) is 6.16. The number of amides is 1. The van der Waals surface area contributed by atoms with Crippen LogP contribution in [0.15, 0.2) is 29.6 Å². The number of anilines is 1. The van der Waals surface area contributed by atoms with Crippen LogP contribution in [0, 0.1) is 0 Å². The molecule has 104 valence electrons. The van der Waals surface area contributed by atoms with Gasteiger partial charge in [-0.15, -0.1) is 11.3 Å². The van der Waals surface area contributed by atoms with Gasteiger partial charge in [-0.25, -0.2) is 9.78 Å². The lowest BCUT2D eigenvalue weighted by Gasteiger charge is -2.04. The molecule has 0 atom stereocenters. The Labute approximate surface area is 119 Å². The van der Waals surface area contributed by atoms with E-state index < -0.39 is 11.9 Å². The van der Waals surface area contributed by atoms with Gasteiger partial charge >= 0.3 is 11.9 Å². The Morgan fingerprint density at radius 1 is 1.45 bits per heavy atom. The lowest BCUT2D eigenvalue weighted by Crippen LogP contribution is -2.21. The molecular weight excluding hydrogens is 280 g/mol. The van der Waals surface area contributed by atoms with Gasteiger partial charge in [0.25, 0.3) is 0 Å². The summed E-state index contributed by atoms with van der Waals surface area (Å²) in [6.45, 7) is 2.47. The molecule has 0 aliphatic heterocycles. The number of nitrogens with zero attached hydrogens (tertiary/aromatic N) is 1. The molecule has 0 saturated heterocycles. The number of aromatic nitrogens is 1. The predicted octanol–water partition coefficient (Wildman–Crippen LogP) is 2.23. The van der Waals surface area contributed by atoms with E-state index in [9.17, 15) is 9.59 Å². The van der Waals surface area contributed by atoms with Gasteiger partial charge in [0, 0.05) is 10.9 Å². The number of nitrogens with one attached hydrogen (secondary N) is 1. The van der Waals surface area contributed by atoms with Crippen molar-refractivity contribution >= 4 is 28.3 Å². The van der Waals surface area contributed by atoms with E-state index in [0.29, 0.717) is 12.3 Å². The fourth-order valence-corrected chi connectivity index (χ4v) is 2.24. The van der Waals surface area contributed by atoms with Crippen LogP contribution in [-0.2, 0) is 9.59 Å². The number of carbonyl (C=O) groups is 2. The van der Waals surface area contributed by atoms with E-state index in [-0.39, 0.29) is 5.13 Å². The molecule has 0 saturated carbocycles. The summed E-state index contributed by atoms with van der Waals surface area (Å²) < 4.78 is 5.40. The molecule has 2 aromatic rings. The first-order chi connectivity index (χ1) is 9.60. The SMILES string of the molecule is CCOc1cccc(-c2csc(NC(=O)C(=O)O)n2)c1. The molecule has 20 heavy (non-hydrogen) atoms. The highest BCUT2D eigenvalue weighted by Crippen LogP contribution is 2.27. The number of hydrogen-bond acceptors (Lipinski definition) is 5. The van der Waals surface area contributed by atoms with E-state index in [1.807, 2.05) is 31.2 Å². The van der Waals surface area contributed by atoms with Crippen molar-refractivity contribution in [2.45, 2.75) is 6.92 Å². The summed E-state index contributed by atoms with van der Waals surface area (Å²) in [6.07, 6.45) is 0. The average Bonchev–Trinajstić information content (AvgIpc) is 2.88. The number of benzene rings is 1. The average molecular weight is 292 g/mol. The van der Waals surface area contributed by atoms with Gasteiger partial charge in [-0.3, -0.25) is 10.1 Å². The molecule has 0 aliphatic carbocycles. The summed E-state index contributed by atoms with van der Waals surface area (Å²) in [4.78, 5) is 25.7. The zero-order chi connectivity index (χ0) is 14.5. The van der Waals surface area contributed by atoms with Gasteiger partial charge in [-0.2, -0.15) is 0 Å². The molecule has 1 heterocycles. The van der Waals surface area contributed by atoms with E-state index in [0.717, 1.165) is 22.6 Å². The van der Waals surface area contributed by atoms with Crippen LogP contribution in [0.2, 0.25) is 0 Å². The number of aliphatic carboxylic acids is 1. The second-order valence-corrected chi connectivity index (χ2v) is 4.62. The first-order valence-electron chi connectivity index (χ1n) is 5.83. The highest BCUT2D eigenvalue weighted by molar-refractivity contribution is 7.14. The van der Waals surface area contributed by atoms with Crippen LogP contribution in [0.1, 0.15) is 6.92 Å². The minimum absolute atomic E-state index is 0.245. The fraction of sp³-hybridized carbons (Fsp3) is 0.154. The molecule has 0 fully saturated rings. The fourth-order valence-electron chi connectivity index (χ4n) is 1.53. The van der Waals surface area contributed by atoms with Gasteiger partial charge in [-0.1, -0.05) is 12.1 Å². The normalized spacial score (nSPS) is 10.1. The number of rotatable bonds is 4.